The second-order valence-electron chi connectivity index (χ2n) is 7.05. The molecule has 0 bridgehead atoms. The first-order chi connectivity index (χ1) is 15.1. The standard InChI is InChI=1S/C27H20N2O2/c1-19-8-3-4-11-24(19)20-14-16-21(17-15-20)29-27(30)25-12-5-6-13-26(25)31-23-10-7-9-22(18-23)28-2/h3-18H,1H3,(H,29,30). The van der Waals surface area contributed by atoms with Crippen LogP contribution in [0.5, 0.6) is 11.5 Å². The Morgan fingerprint density at radius 2 is 1.61 bits per heavy atom. The van der Waals surface area contributed by atoms with Crippen molar-refractivity contribution in [1.29, 1.82) is 0 Å². The highest BCUT2D eigenvalue weighted by atomic mass is 16.5. The summed E-state index contributed by atoms with van der Waals surface area (Å²) in [6, 6.07) is 29.9. The number of para-hydroxylation sites is 1. The number of carbonyl (C=O) groups is 1. The molecule has 0 unspecified atom stereocenters. The highest BCUT2D eigenvalue weighted by Gasteiger charge is 2.13. The van der Waals surface area contributed by atoms with E-state index in [1.807, 2.05) is 42.5 Å². The second kappa shape index (κ2) is 8.98. The number of aryl methyl sites for hydroxylation is 1. The summed E-state index contributed by atoms with van der Waals surface area (Å²) >= 11 is 0. The van der Waals surface area contributed by atoms with Crippen LogP contribution in [-0.2, 0) is 0 Å². The number of carbonyl (C=O) groups excluding carboxylic acids is 1. The first-order valence-electron chi connectivity index (χ1n) is 9.86. The van der Waals surface area contributed by atoms with E-state index in [1.165, 1.54) is 11.1 Å². The monoisotopic (exact) mass is 404 g/mol. The molecule has 0 heterocycles. The van der Waals surface area contributed by atoms with Gasteiger partial charge in [0.2, 0.25) is 0 Å². The maximum Gasteiger partial charge on any atom is 0.259 e. The van der Waals surface area contributed by atoms with E-state index in [2.05, 4.69) is 29.2 Å². The summed E-state index contributed by atoms with van der Waals surface area (Å²) in [4.78, 5) is 16.3. The number of ether oxygens (including phenoxy) is 1. The Morgan fingerprint density at radius 1 is 0.871 bits per heavy atom. The van der Waals surface area contributed by atoms with Gasteiger partial charge < -0.3 is 10.1 Å². The minimum Gasteiger partial charge on any atom is -0.458 e. The molecule has 0 spiro atoms. The van der Waals surface area contributed by atoms with E-state index in [1.54, 1.807) is 42.5 Å². The molecule has 0 atom stereocenters. The zero-order valence-electron chi connectivity index (χ0n) is 17.0. The van der Waals surface area contributed by atoms with Crippen molar-refractivity contribution < 1.29 is 9.53 Å². The minimum absolute atomic E-state index is 0.263. The summed E-state index contributed by atoms with van der Waals surface area (Å²) in [7, 11) is 0. The van der Waals surface area contributed by atoms with Gasteiger partial charge in [-0.2, -0.15) is 0 Å². The molecule has 0 saturated heterocycles. The Balaban J connectivity index is 1.53. The quantitative estimate of drug-likeness (QED) is 0.356. The number of anilines is 1. The molecule has 4 aromatic carbocycles. The van der Waals surface area contributed by atoms with Crippen molar-refractivity contribution in [3.8, 4) is 22.6 Å². The summed E-state index contributed by atoms with van der Waals surface area (Å²) in [6.45, 7) is 9.22. The van der Waals surface area contributed by atoms with Crippen LogP contribution in [-0.4, -0.2) is 5.91 Å². The van der Waals surface area contributed by atoms with Crippen molar-refractivity contribution in [3.05, 3.63) is 120 Å². The first-order valence-corrected chi connectivity index (χ1v) is 9.86. The van der Waals surface area contributed by atoms with E-state index < -0.39 is 0 Å². The fraction of sp³-hybridized carbons (Fsp3) is 0.0370. The lowest BCUT2D eigenvalue weighted by atomic mass is 10.0. The Morgan fingerprint density at radius 3 is 2.39 bits per heavy atom. The number of amides is 1. The molecular weight excluding hydrogens is 384 g/mol. The van der Waals surface area contributed by atoms with Gasteiger partial charge in [-0.25, -0.2) is 4.85 Å². The molecule has 0 radical (unpaired) electrons. The number of benzene rings is 4. The van der Waals surface area contributed by atoms with Gasteiger partial charge in [-0.15, -0.1) is 0 Å². The largest absolute Gasteiger partial charge is 0.458 e. The smallest absolute Gasteiger partial charge is 0.259 e. The number of rotatable bonds is 5. The molecule has 4 nitrogen and oxygen atoms in total. The summed E-state index contributed by atoms with van der Waals surface area (Å²) in [5.74, 6) is 0.676. The summed E-state index contributed by atoms with van der Waals surface area (Å²) in [5, 5.41) is 2.93. The van der Waals surface area contributed by atoms with Crippen LogP contribution in [0.4, 0.5) is 11.4 Å². The van der Waals surface area contributed by atoms with Gasteiger partial charge in [-0.3, -0.25) is 4.79 Å². The topological polar surface area (TPSA) is 42.7 Å². The maximum atomic E-state index is 12.9. The molecule has 31 heavy (non-hydrogen) atoms. The molecule has 0 aromatic heterocycles. The summed E-state index contributed by atoms with van der Waals surface area (Å²) in [6.07, 6.45) is 0. The van der Waals surface area contributed by atoms with Crippen LogP contribution in [0.15, 0.2) is 97.1 Å². The van der Waals surface area contributed by atoms with E-state index in [4.69, 9.17) is 11.3 Å². The zero-order valence-corrected chi connectivity index (χ0v) is 17.0. The van der Waals surface area contributed by atoms with E-state index in [0.29, 0.717) is 28.4 Å². The molecule has 150 valence electrons. The molecule has 0 saturated carbocycles. The van der Waals surface area contributed by atoms with Gasteiger partial charge in [0.1, 0.15) is 11.5 Å². The van der Waals surface area contributed by atoms with E-state index in [-0.39, 0.29) is 5.91 Å². The van der Waals surface area contributed by atoms with E-state index in [9.17, 15) is 4.79 Å². The fourth-order valence-electron chi connectivity index (χ4n) is 3.32. The van der Waals surface area contributed by atoms with Crippen molar-refractivity contribution in [2.75, 3.05) is 5.32 Å². The predicted molar refractivity (Wildman–Crippen MR) is 124 cm³/mol. The van der Waals surface area contributed by atoms with Crippen LogP contribution in [0.3, 0.4) is 0 Å². The molecule has 1 N–H and O–H groups in total. The molecule has 0 aliphatic rings. The number of hydrogen-bond acceptors (Lipinski definition) is 2. The predicted octanol–water partition coefficient (Wildman–Crippen LogP) is 7.26. The third kappa shape index (κ3) is 4.63. The first kappa shape index (κ1) is 19.9. The second-order valence-corrected chi connectivity index (χ2v) is 7.05. The van der Waals surface area contributed by atoms with Gasteiger partial charge >= 0.3 is 0 Å². The van der Waals surface area contributed by atoms with Gasteiger partial charge in [0, 0.05) is 5.69 Å². The van der Waals surface area contributed by atoms with Crippen molar-refractivity contribution in [2.45, 2.75) is 6.92 Å². The lowest BCUT2D eigenvalue weighted by Crippen LogP contribution is -2.12. The maximum absolute atomic E-state index is 12.9. The highest BCUT2D eigenvalue weighted by Crippen LogP contribution is 2.29. The molecule has 0 fully saturated rings. The Hall–Kier alpha value is -4.36. The SMILES string of the molecule is [C-]#[N+]c1cccc(Oc2ccccc2C(=O)Nc2ccc(-c3ccccc3C)cc2)c1. The summed E-state index contributed by atoms with van der Waals surface area (Å²) < 4.78 is 5.90. The van der Waals surface area contributed by atoms with Crippen LogP contribution >= 0.6 is 0 Å². The van der Waals surface area contributed by atoms with Crippen LogP contribution < -0.4 is 10.1 Å². The minimum atomic E-state index is -0.263. The van der Waals surface area contributed by atoms with Crippen LogP contribution in [0.25, 0.3) is 16.0 Å². The van der Waals surface area contributed by atoms with Crippen molar-refractivity contribution in [1.82, 2.24) is 0 Å². The molecular formula is C27H20N2O2. The Kier molecular flexibility index (Phi) is 5.77. The highest BCUT2D eigenvalue weighted by molar-refractivity contribution is 6.06. The average molecular weight is 404 g/mol. The Labute approximate surface area is 181 Å². The van der Waals surface area contributed by atoms with Crippen molar-refractivity contribution in [3.63, 3.8) is 0 Å². The third-order valence-corrected chi connectivity index (χ3v) is 4.91. The Bertz CT molecular complexity index is 1270. The van der Waals surface area contributed by atoms with E-state index >= 15 is 0 Å². The van der Waals surface area contributed by atoms with Gasteiger partial charge in [0.05, 0.1) is 12.1 Å². The molecule has 0 aliphatic carbocycles. The normalized spacial score (nSPS) is 10.2. The fourth-order valence-corrected chi connectivity index (χ4v) is 3.32. The molecule has 4 aromatic rings. The van der Waals surface area contributed by atoms with E-state index in [0.717, 1.165) is 5.56 Å². The van der Waals surface area contributed by atoms with Gasteiger partial charge in [-0.1, -0.05) is 60.7 Å². The van der Waals surface area contributed by atoms with Crippen molar-refractivity contribution in [2.24, 2.45) is 0 Å². The molecule has 0 aliphatic heterocycles. The van der Waals surface area contributed by atoms with Gasteiger partial charge in [-0.05, 0) is 60.0 Å². The molecule has 4 heteroatoms. The lowest BCUT2D eigenvalue weighted by molar-refractivity contribution is 0.102. The number of nitrogens with one attached hydrogen (secondary N) is 1. The summed E-state index contributed by atoms with van der Waals surface area (Å²) in [5.41, 5.74) is 5.06. The third-order valence-electron chi connectivity index (χ3n) is 4.91. The lowest BCUT2D eigenvalue weighted by Gasteiger charge is -2.12. The van der Waals surface area contributed by atoms with Gasteiger partial charge in [0.25, 0.3) is 5.91 Å². The zero-order chi connectivity index (χ0) is 21.6. The molecule has 4 rings (SSSR count). The molecule has 1 amide bonds. The number of hydrogen-bond donors (Lipinski definition) is 1. The van der Waals surface area contributed by atoms with Crippen LogP contribution in [0.2, 0.25) is 0 Å². The number of nitrogens with zero attached hydrogens (tertiary/aromatic N) is 1. The van der Waals surface area contributed by atoms with Crippen molar-refractivity contribution >= 4 is 17.3 Å². The van der Waals surface area contributed by atoms with Gasteiger partial charge in [0.15, 0.2) is 5.69 Å². The van der Waals surface area contributed by atoms with Crippen LogP contribution in [0, 0.1) is 13.5 Å². The van der Waals surface area contributed by atoms with Crippen LogP contribution in [0.1, 0.15) is 15.9 Å². The average Bonchev–Trinajstić information content (AvgIpc) is 2.80.